The molecular weight excluding hydrogens is 240 g/mol. The summed E-state index contributed by atoms with van der Waals surface area (Å²) >= 11 is 0. The minimum Gasteiger partial charge on any atom is -0.367 e. The van der Waals surface area contributed by atoms with Crippen LogP contribution in [-0.2, 0) is 7.05 Å². The van der Waals surface area contributed by atoms with E-state index in [-0.39, 0.29) is 5.54 Å². The molecule has 19 heavy (non-hydrogen) atoms. The first-order chi connectivity index (χ1) is 9.12. The van der Waals surface area contributed by atoms with Crippen LogP contribution in [0.2, 0.25) is 0 Å². The number of rotatable bonds is 4. The van der Waals surface area contributed by atoms with Gasteiger partial charge < -0.3 is 10.2 Å². The average Bonchev–Trinajstić information content (AvgIpc) is 2.70. The van der Waals surface area contributed by atoms with E-state index in [0.29, 0.717) is 0 Å². The third-order valence-electron chi connectivity index (χ3n) is 4.35. The highest BCUT2D eigenvalue weighted by Gasteiger charge is 2.38. The minimum absolute atomic E-state index is 0.277. The Morgan fingerprint density at radius 3 is 2.79 bits per heavy atom. The van der Waals surface area contributed by atoms with Gasteiger partial charge in [-0.1, -0.05) is 0 Å². The van der Waals surface area contributed by atoms with E-state index >= 15 is 0 Å². The smallest absolute Gasteiger partial charge is 0.163 e. The van der Waals surface area contributed by atoms with Gasteiger partial charge >= 0.3 is 0 Å². The van der Waals surface area contributed by atoms with Crippen LogP contribution in [0.15, 0.2) is 12.5 Å². The number of nitrogens with zero attached hydrogens (tertiary/aromatic N) is 5. The van der Waals surface area contributed by atoms with Gasteiger partial charge in [0.2, 0.25) is 0 Å². The Morgan fingerprint density at radius 2 is 2.16 bits per heavy atom. The van der Waals surface area contributed by atoms with Crippen LogP contribution in [0.1, 0.15) is 19.3 Å². The number of anilines is 1. The molecule has 0 radical (unpaired) electrons. The lowest BCUT2D eigenvalue weighted by Gasteiger charge is -2.47. The summed E-state index contributed by atoms with van der Waals surface area (Å²) in [5.74, 6) is 0.881. The van der Waals surface area contributed by atoms with Gasteiger partial charge in [0, 0.05) is 19.1 Å². The van der Waals surface area contributed by atoms with Crippen LogP contribution >= 0.6 is 0 Å². The second-order valence-corrected chi connectivity index (χ2v) is 5.55. The van der Waals surface area contributed by atoms with Gasteiger partial charge in [-0.05, 0) is 33.4 Å². The van der Waals surface area contributed by atoms with Crippen molar-refractivity contribution in [3.8, 4) is 0 Å². The van der Waals surface area contributed by atoms with E-state index in [9.17, 15) is 0 Å². The number of likely N-dealkylation sites (N-methyl/N-ethyl adjacent to an activating group) is 1. The molecule has 1 N–H and O–H groups in total. The lowest BCUT2D eigenvalue weighted by atomic mass is 9.75. The minimum atomic E-state index is 0.277. The van der Waals surface area contributed by atoms with Crippen molar-refractivity contribution in [2.75, 3.05) is 26.0 Å². The zero-order chi connectivity index (χ0) is 13.5. The summed E-state index contributed by atoms with van der Waals surface area (Å²) in [6, 6.07) is 0. The standard InChI is InChI=1S/C13H20N6/c1-18(2)13(5-4-6-13)8-14-11-10-7-17-19(3)12(10)16-9-15-11/h7,9H,4-6,8H2,1-3H3,(H,14,15,16). The molecule has 102 valence electrons. The van der Waals surface area contributed by atoms with Gasteiger partial charge in [0.25, 0.3) is 0 Å². The molecular formula is C13H20N6. The number of aryl methyl sites for hydroxylation is 1. The van der Waals surface area contributed by atoms with Gasteiger partial charge in [-0.25, -0.2) is 9.97 Å². The number of hydrogen-bond donors (Lipinski definition) is 1. The molecule has 3 rings (SSSR count). The third-order valence-corrected chi connectivity index (χ3v) is 4.35. The van der Waals surface area contributed by atoms with Crippen molar-refractivity contribution < 1.29 is 0 Å². The van der Waals surface area contributed by atoms with E-state index in [0.717, 1.165) is 23.4 Å². The fraction of sp³-hybridized carbons (Fsp3) is 0.615. The largest absolute Gasteiger partial charge is 0.367 e. The molecule has 0 aromatic carbocycles. The van der Waals surface area contributed by atoms with E-state index < -0.39 is 0 Å². The first-order valence-electron chi connectivity index (χ1n) is 6.66. The molecule has 0 atom stereocenters. The molecule has 1 aliphatic carbocycles. The Morgan fingerprint density at radius 1 is 1.37 bits per heavy atom. The average molecular weight is 260 g/mol. The van der Waals surface area contributed by atoms with Crippen molar-refractivity contribution in [1.82, 2.24) is 24.6 Å². The van der Waals surface area contributed by atoms with E-state index in [4.69, 9.17) is 0 Å². The molecule has 0 amide bonds. The maximum atomic E-state index is 4.35. The highest BCUT2D eigenvalue weighted by Crippen LogP contribution is 2.36. The lowest BCUT2D eigenvalue weighted by Crippen LogP contribution is -2.54. The van der Waals surface area contributed by atoms with E-state index in [1.54, 1.807) is 11.0 Å². The molecule has 0 aliphatic heterocycles. The van der Waals surface area contributed by atoms with Crippen LogP contribution < -0.4 is 5.32 Å². The molecule has 0 spiro atoms. The summed E-state index contributed by atoms with van der Waals surface area (Å²) < 4.78 is 1.77. The number of nitrogens with one attached hydrogen (secondary N) is 1. The maximum Gasteiger partial charge on any atom is 0.163 e. The summed E-state index contributed by atoms with van der Waals surface area (Å²) in [6.07, 6.45) is 7.21. The molecule has 6 nitrogen and oxygen atoms in total. The van der Waals surface area contributed by atoms with Gasteiger partial charge in [0.1, 0.15) is 12.1 Å². The van der Waals surface area contributed by atoms with Crippen molar-refractivity contribution in [3.63, 3.8) is 0 Å². The summed E-state index contributed by atoms with van der Waals surface area (Å²) in [5.41, 5.74) is 1.14. The lowest BCUT2D eigenvalue weighted by molar-refractivity contribution is 0.0738. The Kier molecular flexibility index (Phi) is 2.89. The highest BCUT2D eigenvalue weighted by atomic mass is 15.3. The zero-order valence-corrected chi connectivity index (χ0v) is 11.7. The SMILES string of the molecule is CN(C)C1(CNc2ncnc3c2cnn3C)CCC1. The van der Waals surface area contributed by atoms with Gasteiger partial charge in [0.15, 0.2) is 5.65 Å². The summed E-state index contributed by atoms with van der Waals surface area (Å²) in [6.45, 7) is 0.918. The Bertz CT molecular complexity index is 584. The fourth-order valence-corrected chi connectivity index (χ4v) is 2.72. The summed E-state index contributed by atoms with van der Waals surface area (Å²) in [5, 5.41) is 8.70. The monoisotopic (exact) mass is 260 g/mol. The molecule has 0 unspecified atom stereocenters. The van der Waals surface area contributed by atoms with Gasteiger partial charge in [-0.15, -0.1) is 0 Å². The van der Waals surface area contributed by atoms with Crippen LogP contribution in [0.4, 0.5) is 5.82 Å². The third kappa shape index (κ3) is 1.96. The Hall–Kier alpha value is -1.69. The van der Waals surface area contributed by atoms with Crippen LogP contribution in [0.25, 0.3) is 11.0 Å². The van der Waals surface area contributed by atoms with E-state index in [1.165, 1.54) is 19.3 Å². The first kappa shape index (κ1) is 12.3. The fourth-order valence-electron chi connectivity index (χ4n) is 2.72. The summed E-state index contributed by atoms with van der Waals surface area (Å²) in [7, 11) is 6.20. The quantitative estimate of drug-likeness (QED) is 0.897. The molecule has 2 aromatic heterocycles. The van der Waals surface area contributed by atoms with Crippen molar-refractivity contribution in [3.05, 3.63) is 12.5 Å². The molecule has 6 heteroatoms. The molecule has 1 aliphatic rings. The van der Waals surface area contributed by atoms with Crippen molar-refractivity contribution >= 4 is 16.9 Å². The number of fused-ring (bicyclic) bond motifs is 1. The second kappa shape index (κ2) is 4.45. The summed E-state index contributed by atoms with van der Waals surface area (Å²) in [4.78, 5) is 10.9. The first-order valence-corrected chi connectivity index (χ1v) is 6.66. The molecule has 2 aromatic rings. The number of aromatic nitrogens is 4. The molecule has 2 heterocycles. The van der Waals surface area contributed by atoms with Crippen LogP contribution in [0.3, 0.4) is 0 Å². The maximum absolute atomic E-state index is 4.35. The molecule has 1 saturated carbocycles. The van der Waals surface area contributed by atoms with E-state index in [1.807, 2.05) is 13.2 Å². The van der Waals surface area contributed by atoms with Crippen LogP contribution in [0.5, 0.6) is 0 Å². The Balaban J connectivity index is 1.82. The predicted molar refractivity (Wildman–Crippen MR) is 75.1 cm³/mol. The van der Waals surface area contributed by atoms with Crippen molar-refractivity contribution in [2.45, 2.75) is 24.8 Å². The van der Waals surface area contributed by atoms with Crippen molar-refractivity contribution in [1.29, 1.82) is 0 Å². The van der Waals surface area contributed by atoms with Crippen molar-refractivity contribution in [2.24, 2.45) is 7.05 Å². The van der Waals surface area contributed by atoms with Crippen LogP contribution in [-0.4, -0.2) is 50.8 Å². The normalized spacial score (nSPS) is 17.7. The molecule has 1 fully saturated rings. The van der Waals surface area contributed by atoms with Crippen LogP contribution in [0, 0.1) is 0 Å². The number of hydrogen-bond acceptors (Lipinski definition) is 5. The van der Waals surface area contributed by atoms with E-state index in [2.05, 4.69) is 39.4 Å². The highest BCUT2D eigenvalue weighted by molar-refractivity contribution is 5.85. The Labute approximate surface area is 112 Å². The van der Waals surface area contributed by atoms with Gasteiger partial charge in [-0.2, -0.15) is 5.10 Å². The second-order valence-electron chi connectivity index (χ2n) is 5.55. The van der Waals surface area contributed by atoms with Gasteiger partial charge in [0.05, 0.1) is 11.6 Å². The molecule has 0 saturated heterocycles. The molecule has 0 bridgehead atoms. The predicted octanol–water partition coefficient (Wildman–Crippen LogP) is 1.26. The van der Waals surface area contributed by atoms with Gasteiger partial charge in [-0.3, -0.25) is 4.68 Å². The topological polar surface area (TPSA) is 58.9 Å². The zero-order valence-electron chi connectivity index (χ0n) is 11.7.